The molecule has 1 N–H and O–H groups in total. The lowest BCUT2D eigenvalue weighted by molar-refractivity contribution is -0.121. The van der Waals surface area contributed by atoms with Gasteiger partial charge in [-0.15, -0.1) is 0 Å². The van der Waals surface area contributed by atoms with Gasteiger partial charge in [0.05, 0.1) is 0 Å². The van der Waals surface area contributed by atoms with Crippen molar-refractivity contribution >= 4 is 5.91 Å². The highest BCUT2D eigenvalue weighted by Crippen LogP contribution is 2.14. The van der Waals surface area contributed by atoms with Crippen molar-refractivity contribution in [2.24, 2.45) is 0 Å². The highest BCUT2D eigenvalue weighted by atomic mass is 16.1. The van der Waals surface area contributed by atoms with Gasteiger partial charge in [0.2, 0.25) is 5.91 Å². The first-order valence-corrected chi connectivity index (χ1v) is 11.1. The van der Waals surface area contributed by atoms with Gasteiger partial charge in [0.15, 0.2) is 0 Å². The predicted molar refractivity (Wildman–Crippen MR) is 107 cm³/mol. The zero-order valence-electron chi connectivity index (χ0n) is 16.8. The van der Waals surface area contributed by atoms with E-state index in [4.69, 9.17) is 0 Å². The van der Waals surface area contributed by atoms with Crippen LogP contribution >= 0.6 is 0 Å². The molecule has 0 fully saturated rings. The van der Waals surface area contributed by atoms with Crippen molar-refractivity contribution in [2.45, 2.75) is 129 Å². The van der Waals surface area contributed by atoms with Gasteiger partial charge in [-0.3, -0.25) is 4.79 Å². The van der Waals surface area contributed by atoms with Crippen molar-refractivity contribution in [3.8, 4) is 0 Å². The van der Waals surface area contributed by atoms with Gasteiger partial charge in [-0.05, 0) is 13.3 Å². The van der Waals surface area contributed by atoms with Crippen molar-refractivity contribution < 1.29 is 4.79 Å². The highest BCUT2D eigenvalue weighted by molar-refractivity contribution is 5.75. The normalized spacial score (nSPS) is 10.9. The van der Waals surface area contributed by atoms with Gasteiger partial charge in [0.25, 0.3) is 0 Å². The van der Waals surface area contributed by atoms with Crippen molar-refractivity contribution in [2.75, 3.05) is 6.54 Å². The number of carbonyl (C=O) groups excluding carboxylic acids is 1. The molecule has 0 saturated carbocycles. The number of hydrogen-bond donors (Lipinski definition) is 1. The summed E-state index contributed by atoms with van der Waals surface area (Å²) in [4.78, 5) is 11.3. The van der Waals surface area contributed by atoms with E-state index in [-0.39, 0.29) is 5.91 Å². The fraction of sp³-hybridized carbons (Fsp3) is 0.955. The standard InChI is InChI=1S/C22H45NO/c1-3-5-6-7-8-9-10-11-12-13-14-15-16-17-18-19-20-21-22(24)23-4-2/h3-21H2,1-2H3,(H,23,24). The zero-order valence-corrected chi connectivity index (χ0v) is 16.8. The number of nitrogens with one attached hydrogen (secondary N) is 1. The Kier molecular flexibility index (Phi) is 20.1. The van der Waals surface area contributed by atoms with Gasteiger partial charge in [0, 0.05) is 13.0 Å². The Hall–Kier alpha value is -0.530. The number of rotatable bonds is 19. The average molecular weight is 340 g/mol. The molecule has 0 rings (SSSR count). The van der Waals surface area contributed by atoms with Gasteiger partial charge < -0.3 is 5.32 Å². The van der Waals surface area contributed by atoms with Gasteiger partial charge >= 0.3 is 0 Å². The molecule has 2 heteroatoms. The first kappa shape index (κ1) is 23.5. The third kappa shape index (κ3) is 19.5. The number of amides is 1. The summed E-state index contributed by atoms with van der Waals surface area (Å²) in [5, 5.41) is 2.86. The van der Waals surface area contributed by atoms with Gasteiger partial charge in [-0.1, -0.05) is 110 Å². The summed E-state index contributed by atoms with van der Waals surface area (Å²) >= 11 is 0. The van der Waals surface area contributed by atoms with Crippen LogP contribution in [0.4, 0.5) is 0 Å². The van der Waals surface area contributed by atoms with Crippen LogP contribution in [-0.2, 0) is 4.79 Å². The Morgan fingerprint density at radius 2 is 0.875 bits per heavy atom. The zero-order chi connectivity index (χ0) is 17.7. The van der Waals surface area contributed by atoms with E-state index in [9.17, 15) is 4.79 Å². The van der Waals surface area contributed by atoms with Crippen LogP contribution in [-0.4, -0.2) is 12.5 Å². The van der Waals surface area contributed by atoms with Gasteiger partial charge in [0.1, 0.15) is 0 Å². The third-order valence-electron chi connectivity index (χ3n) is 4.88. The number of unbranched alkanes of at least 4 members (excludes halogenated alkanes) is 16. The average Bonchev–Trinajstić information content (AvgIpc) is 2.58. The molecule has 0 spiro atoms. The minimum Gasteiger partial charge on any atom is -0.356 e. The lowest BCUT2D eigenvalue weighted by Gasteiger charge is -2.04. The van der Waals surface area contributed by atoms with E-state index < -0.39 is 0 Å². The maximum atomic E-state index is 11.3. The smallest absolute Gasteiger partial charge is 0.219 e. The molecule has 144 valence electrons. The molecular formula is C22H45NO. The van der Waals surface area contributed by atoms with Gasteiger partial charge in [-0.25, -0.2) is 0 Å². The largest absolute Gasteiger partial charge is 0.356 e. The van der Waals surface area contributed by atoms with Crippen LogP contribution in [0.2, 0.25) is 0 Å². The summed E-state index contributed by atoms with van der Waals surface area (Å²) in [5.74, 6) is 0.221. The molecule has 1 amide bonds. The molecule has 0 unspecified atom stereocenters. The molecule has 0 aromatic carbocycles. The van der Waals surface area contributed by atoms with Gasteiger partial charge in [-0.2, -0.15) is 0 Å². The Morgan fingerprint density at radius 1 is 0.542 bits per heavy atom. The molecule has 0 bridgehead atoms. The van der Waals surface area contributed by atoms with E-state index in [1.54, 1.807) is 0 Å². The summed E-state index contributed by atoms with van der Waals surface area (Å²) < 4.78 is 0. The molecule has 0 aliphatic heterocycles. The second-order valence-corrected chi connectivity index (χ2v) is 7.36. The van der Waals surface area contributed by atoms with Crippen LogP contribution in [0, 0.1) is 0 Å². The Bertz CT molecular complexity index is 252. The molecule has 0 atom stereocenters. The second-order valence-electron chi connectivity index (χ2n) is 7.36. The summed E-state index contributed by atoms with van der Waals surface area (Å²) in [6.45, 7) is 5.03. The fourth-order valence-electron chi connectivity index (χ4n) is 3.30. The molecule has 0 saturated heterocycles. The molecule has 0 aromatic heterocycles. The first-order valence-electron chi connectivity index (χ1n) is 11.1. The number of hydrogen-bond acceptors (Lipinski definition) is 1. The molecule has 0 aliphatic rings. The van der Waals surface area contributed by atoms with E-state index in [1.807, 2.05) is 6.92 Å². The second kappa shape index (κ2) is 20.5. The maximum absolute atomic E-state index is 11.3. The van der Waals surface area contributed by atoms with Crippen LogP contribution in [0.5, 0.6) is 0 Å². The Morgan fingerprint density at radius 3 is 1.21 bits per heavy atom. The quantitative estimate of drug-likeness (QED) is 0.248. The van der Waals surface area contributed by atoms with E-state index in [0.717, 1.165) is 13.0 Å². The fourth-order valence-corrected chi connectivity index (χ4v) is 3.30. The topological polar surface area (TPSA) is 29.1 Å². The van der Waals surface area contributed by atoms with Crippen LogP contribution in [0.1, 0.15) is 129 Å². The van der Waals surface area contributed by atoms with Crippen molar-refractivity contribution in [3.05, 3.63) is 0 Å². The Balaban J connectivity index is 3.01. The minimum atomic E-state index is 0.221. The molecule has 0 radical (unpaired) electrons. The SMILES string of the molecule is CCCCCCCCCCCCCCCCCCCC(=O)NCC. The summed E-state index contributed by atoms with van der Waals surface area (Å²) in [5.41, 5.74) is 0. The molecule has 24 heavy (non-hydrogen) atoms. The summed E-state index contributed by atoms with van der Waals surface area (Å²) in [6.07, 6.45) is 24.3. The first-order chi connectivity index (χ1) is 11.8. The van der Waals surface area contributed by atoms with E-state index in [0.29, 0.717) is 6.42 Å². The minimum absolute atomic E-state index is 0.221. The lowest BCUT2D eigenvalue weighted by atomic mass is 10.0. The molecule has 0 aromatic rings. The number of carbonyl (C=O) groups is 1. The monoisotopic (exact) mass is 339 g/mol. The molecular weight excluding hydrogens is 294 g/mol. The van der Waals surface area contributed by atoms with Crippen LogP contribution < -0.4 is 5.32 Å². The summed E-state index contributed by atoms with van der Waals surface area (Å²) in [6, 6.07) is 0. The summed E-state index contributed by atoms with van der Waals surface area (Å²) in [7, 11) is 0. The highest BCUT2D eigenvalue weighted by Gasteiger charge is 1.98. The van der Waals surface area contributed by atoms with E-state index in [2.05, 4.69) is 12.2 Å². The lowest BCUT2D eigenvalue weighted by Crippen LogP contribution is -2.21. The van der Waals surface area contributed by atoms with Crippen molar-refractivity contribution in [3.63, 3.8) is 0 Å². The Labute approximate surface area is 152 Å². The third-order valence-corrected chi connectivity index (χ3v) is 4.88. The van der Waals surface area contributed by atoms with Crippen molar-refractivity contribution in [1.82, 2.24) is 5.32 Å². The van der Waals surface area contributed by atoms with Crippen molar-refractivity contribution in [1.29, 1.82) is 0 Å². The molecule has 0 aliphatic carbocycles. The van der Waals surface area contributed by atoms with Crippen LogP contribution in [0.3, 0.4) is 0 Å². The van der Waals surface area contributed by atoms with Crippen LogP contribution in [0.25, 0.3) is 0 Å². The van der Waals surface area contributed by atoms with E-state index >= 15 is 0 Å². The van der Waals surface area contributed by atoms with E-state index in [1.165, 1.54) is 103 Å². The predicted octanol–water partition coefficient (Wildman–Crippen LogP) is 7.16. The van der Waals surface area contributed by atoms with Crippen LogP contribution in [0.15, 0.2) is 0 Å². The maximum Gasteiger partial charge on any atom is 0.219 e. The molecule has 0 heterocycles. The molecule has 2 nitrogen and oxygen atoms in total.